The van der Waals surface area contributed by atoms with Gasteiger partial charge in [-0.2, -0.15) is 0 Å². The molecule has 0 aromatic carbocycles. The second-order valence-corrected chi connectivity index (χ2v) is 3.91. The predicted octanol–water partition coefficient (Wildman–Crippen LogP) is 3.21. The highest BCUT2D eigenvalue weighted by molar-refractivity contribution is 5.63. The number of nitrogens with zero attached hydrogens (tertiary/aromatic N) is 2. The Bertz CT molecular complexity index is 635. The highest BCUT2D eigenvalue weighted by Gasteiger charge is 2.12. The third-order valence-electron chi connectivity index (χ3n) is 2.84. The summed E-state index contributed by atoms with van der Waals surface area (Å²) in [7, 11) is 0. The van der Waals surface area contributed by atoms with Crippen LogP contribution in [-0.4, -0.2) is 9.38 Å². The molecule has 0 unspecified atom stereocenters. The Morgan fingerprint density at radius 2 is 2.06 bits per heavy atom. The Morgan fingerprint density at radius 3 is 2.75 bits per heavy atom. The maximum atomic E-state index is 5.39. The number of furan rings is 1. The third-order valence-corrected chi connectivity index (χ3v) is 2.84. The summed E-state index contributed by atoms with van der Waals surface area (Å²) in [6.45, 7) is 4.12. The van der Waals surface area contributed by atoms with E-state index in [1.165, 1.54) is 5.56 Å². The molecule has 3 rings (SSSR count). The number of hydrogen-bond acceptors (Lipinski definition) is 2. The number of aryl methyl sites for hydroxylation is 2. The summed E-state index contributed by atoms with van der Waals surface area (Å²) in [5.41, 5.74) is 4.18. The average Bonchev–Trinajstić information content (AvgIpc) is 2.88. The summed E-state index contributed by atoms with van der Waals surface area (Å²) in [5, 5.41) is 0. The molecule has 16 heavy (non-hydrogen) atoms. The van der Waals surface area contributed by atoms with Gasteiger partial charge in [0.25, 0.3) is 0 Å². The highest BCUT2D eigenvalue weighted by atomic mass is 16.3. The molecule has 3 heterocycles. The maximum absolute atomic E-state index is 5.39. The summed E-state index contributed by atoms with van der Waals surface area (Å²) >= 11 is 0. The van der Waals surface area contributed by atoms with Crippen molar-refractivity contribution in [1.29, 1.82) is 0 Å². The van der Waals surface area contributed by atoms with Crippen LogP contribution in [0.3, 0.4) is 0 Å². The van der Waals surface area contributed by atoms with Gasteiger partial charge in [-0.15, -0.1) is 0 Å². The number of imidazole rings is 1. The number of fused-ring (bicyclic) bond motifs is 1. The zero-order chi connectivity index (χ0) is 11.1. The van der Waals surface area contributed by atoms with Gasteiger partial charge in [0.2, 0.25) is 0 Å². The lowest BCUT2D eigenvalue weighted by atomic mass is 10.3. The van der Waals surface area contributed by atoms with E-state index in [1.54, 1.807) is 6.26 Å². The minimum absolute atomic E-state index is 0.820. The van der Waals surface area contributed by atoms with Crippen molar-refractivity contribution in [2.45, 2.75) is 13.8 Å². The first-order valence-corrected chi connectivity index (χ1v) is 5.25. The molecule has 3 heteroatoms. The van der Waals surface area contributed by atoms with Gasteiger partial charge in [-0.25, -0.2) is 4.98 Å². The largest absolute Gasteiger partial charge is 0.463 e. The molecule has 0 amide bonds. The Hall–Kier alpha value is -2.03. The fraction of sp³-hybridized carbons (Fsp3) is 0.154. The Kier molecular flexibility index (Phi) is 1.86. The molecule has 0 bridgehead atoms. The molecule has 0 atom stereocenters. The molecule has 80 valence electrons. The van der Waals surface area contributed by atoms with Crippen LogP contribution in [0.2, 0.25) is 0 Å². The molecule has 0 saturated heterocycles. The first-order chi connectivity index (χ1) is 7.77. The van der Waals surface area contributed by atoms with E-state index in [4.69, 9.17) is 4.42 Å². The normalized spacial score (nSPS) is 11.1. The number of rotatable bonds is 1. The van der Waals surface area contributed by atoms with E-state index in [0.29, 0.717) is 0 Å². The van der Waals surface area contributed by atoms with Crippen molar-refractivity contribution in [2.75, 3.05) is 0 Å². The SMILES string of the molecule is Cc1cccn2c(C)c(-c3ccco3)nc12. The maximum Gasteiger partial charge on any atom is 0.154 e. The van der Waals surface area contributed by atoms with Gasteiger partial charge in [0.1, 0.15) is 11.3 Å². The zero-order valence-corrected chi connectivity index (χ0v) is 9.27. The van der Waals surface area contributed by atoms with Gasteiger partial charge in [0, 0.05) is 6.20 Å². The van der Waals surface area contributed by atoms with Crippen molar-refractivity contribution in [1.82, 2.24) is 9.38 Å². The molecule has 0 aliphatic rings. The van der Waals surface area contributed by atoms with Crippen LogP contribution >= 0.6 is 0 Å². The molecule has 0 spiro atoms. The number of hydrogen-bond donors (Lipinski definition) is 0. The van der Waals surface area contributed by atoms with Crippen molar-refractivity contribution in [3.63, 3.8) is 0 Å². The lowest BCUT2D eigenvalue weighted by molar-refractivity contribution is 0.580. The van der Waals surface area contributed by atoms with Crippen molar-refractivity contribution in [2.24, 2.45) is 0 Å². The summed E-state index contributed by atoms with van der Waals surface area (Å²) in [6.07, 6.45) is 3.70. The summed E-state index contributed by atoms with van der Waals surface area (Å²) < 4.78 is 7.48. The van der Waals surface area contributed by atoms with Crippen LogP contribution in [0.5, 0.6) is 0 Å². The lowest BCUT2D eigenvalue weighted by Gasteiger charge is -1.97. The van der Waals surface area contributed by atoms with E-state index in [9.17, 15) is 0 Å². The molecule has 0 radical (unpaired) electrons. The molecule has 0 fully saturated rings. The minimum Gasteiger partial charge on any atom is -0.463 e. The Labute approximate surface area is 93.4 Å². The summed E-state index contributed by atoms with van der Waals surface area (Å²) in [4.78, 5) is 4.62. The summed E-state index contributed by atoms with van der Waals surface area (Å²) in [5.74, 6) is 0.820. The molecular formula is C13H12N2O. The van der Waals surface area contributed by atoms with Gasteiger partial charge >= 0.3 is 0 Å². The molecule has 3 aromatic rings. The van der Waals surface area contributed by atoms with E-state index in [1.807, 2.05) is 24.4 Å². The molecular weight excluding hydrogens is 200 g/mol. The predicted molar refractivity (Wildman–Crippen MR) is 62.4 cm³/mol. The van der Waals surface area contributed by atoms with Gasteiger partial charge in [0.15, 0.2) is 5.76 Å². The monoisotopic (exact) mass is 212 g/mol. The zero-order valence-electron chi connectivity index (χ0n) is 9.27. The van der Waals surface area contributed by atoms with Crippen molar-refractivity contribution >= 4 is 5.65 Å². The van der Waals surface area contributed by atoms with E-state index in [2.05, 4.69) is 29.3 Å². The summed E-state index contributed by atoms with van der Waals surface area (Å²) in [6, 6.07) is 7.91. The lowest BCUT2D eigenvalue weighted by Crippen LogP contribution is -1.88. The van der Waals surface area contributed by atoms with Crippen molar-refractivity contribution < 1.29 is 4.42 Å². The molecule has 0 aliphatic carbocycles. The topological polar surface area (TPSA) is 30.4 Å². The fourth-order valence-electron chi connectivity index (χ4n) is 1.97. The standard InChI is InChI=1S/C13H12N2O/c1-9-5-3-7-15-10(2)12(14-13(9)15)11-6-4-8-16-11/h3-8H,1-2H3. The molecule has 0 N–H and O–H groups in total. The third kappa shape index (κ3) is 1.18. The quantitative estimate of drug-likeness (QED) is 0.620. The van der Waals surface area contributed by atoms with Crippen LogP contribution in [0.1, 0.15) is 11.3 Å². The van der Waals surface area contributed by atoms with Crippen LogP contribution in [0, 0.1) is 13.8 Å². The fourth-order valence-corrected chi connectivity index (χ4v) is 1.97. The highest BCUT2D eigenvalue weighted by Crippen LogP contribution is 2.25. The van der Waals surface area contributed by atoms with E-state index in [0.717, 1.165) is 22.8 Å². The van der Waals surface area contributed by atoms with E-state index in [-0.39, 0.29) is 0 Å². The molecule has 3 aromatic heterocycles. The van der Waals surface area contributed by atoms with Crippen molar-refractivity contribution in [3.8, 4) is 11.5 Å². The van der Waals surface area contributed by atoms with Crippen molar-refractivity contribution in [3.05, 3.63) is 48.0 Å². The Morgan fingerprint density at radius 1 is 1.19 bits per heavy atom. The smallest absolute Gasteiger partial charge is 0.154 e. The van der Waals surface area contributed by atoms with E-state index < -0.39 is 0 Å². The Balaban J connectivity index is 2.36. The van der Waals surface area contributed by atoms with Crippen LogP contribution < -0.4 is 0 Å². The number of pyridine rings is 1. The first kappa shape index (κ1) is 9.21. The van der Waals surface area contributed by atoms with Crippen LogP contribution in [0.25, 0.3) is 17.1 Å². The van der Waals surface area contributed by atoms with Crippen LogP contribution in [-0.2, 0) is 0 Å². The average molecular weight is 212 g/mol. The number of aromatic nitrogens is 2. The first-order valence-electron chi connectivity index (χ1n) is 5.25. The molecule has 0 aliphatic heterocycles. The van der Waals surface area contributed by atoms with Gasteiger partial charge < -0.3 is 8.82 Å². The molecule has 0 saturated carbocycles. The molecule has 3 nitrogen and oxygen atoms in total. The van der Waals surface area contributed by atoms with Crippen LogP contribution in [0.15, 0.2) is 41.1 Å². The van der Waals surface area contributed by atoms with Gasteiger partial charge in [-0.05, 0) is 37.6 Å². The van der Waals surface area contributed by atoms with Crippen LogP contribution in [0.4, 0.5) is 0 Å². The van der Waals surface area contributed by atoms with E-state index >= 15 is 0 Å². The second-order valence-electron chi connectivity index (χ2n) is 3.91. The van der Waals surface area contributed by atoms with Gasteiger partial charge in [0.05, 0.1) is 12.0 Å². The second kappa shape index (κ2) is 3.23. The van der Waals surface area contributed by atoms with Gasteiger partial charge in [-0.1, -0.05) is 6.07 Å². The van der Waals surface area contributed by atoms with Gasteiger partial charge in [-0.3, -0.25) is 0 Å². The minimum atomic E-state index is 0.820.